The first-order valence-corrected chi connectivity index (χ1v) is 12.0. The Morgan fingerprint density at radius 1 is 1.11 bits per heavy atom. The fourth-order valence-electron chi connectivity index (χ4n) is 4.18. The van der Waals surface area contributed by atoms with E-state index in [0.717, 1.165) is 25.7 Å². The maximum atomic E-state index is 13.1. The maximum Gasteiger partial charge on any atom is 0.276 e. The molecular weight excluding hydrogens is 486 g/mol. The number of aliphatic hydroxyl groups is 2. The molecule has 1 saturated carbocycles. The van der Waals surface area contributed by atoms with Crippen LogP contribution in [0.3, 0.4) is 0 Å². The van der Waals surface area contributed by atoms with E-state index < -0.39 is 5.91 Å². The van der Waals surface area contributed by atoms with Gasteiger partial charge in [0.1, 0.15) is 11.0 Å². The number of carbonyl (C=O) groups excluding carboxylic acids is 1. The lowest BCUT2D eigenvalue weighted by Gasteiger charge is -2.26. The summed E-state index contributed by atoms with van der Waals surface area (Å²) in [6.45, 7) is 0.354. The molecule has 5 rings (SSSR count). The highest BCUT2D eigenvalue weighted by Crippen LogP contribution is 2.27. The van der Waals surface area contributed by atoms with Gasteiger partial charge in [-0.15, -0.1) is 5.10 Å². The van der Waals surface area contributed by atoms with E-state index >= 15 is 0 Å². The Balaban J connectivity index is 1.47. The molecule has 13 heteroatoms. The minimum absolute atomic E-state index is 0.0216. The lowest BCUT2D eigenvalue weighted by molar-refractivity contribution is 0.102. The topological polar surface area (TPSA) is 155 Å². The Labute approximate surface area is 211 Å². The summed E-state index contributed by atoms with van der Waals surface area (Å²) in [5, 5.41) is 37.8. The van der Waals surface area contributed by atoms with Gasteiger partial charge in [0.25, 0.3) is 5.91 Å². The third kappa shape index (κ3) is 5.40. The molecule has 1 aliphatic carbocycles. The van der Waals surface area contributed by atoms with Crippen LogP contribution < -0.4 is 16.0 Å². The van der Waals surface area contributed by atoms with E-state index in [1.54, 1.807) is 29.1 Å². The van der Waals surface area contributed by atoms with Crippen LogP contribution in [0.15, 0.2) is 42.9 Å². The Morgan fingerprint density at radius 3 is 2.72 bits per heavy atom. The standard InChI is InChI=1S/C23H26ClN9O3/c24-19-11-15(5-7-25-19)28-23(36)18-13-26-22-17(29-20-6-8-32(30-20)9-10-34)12-21(31-33(18)22)27-14-1-3-16(35)4-2-14/h5-8,11-14,16,34-35H,1-4,9-10H2,(H,27,31)(H,29,30)(H,25,28,36). The van der Waals surface area contributed by atoms with Gasteiger partial charge in [0.2, 0.25) is 0 Å². The van der Waals surface area contributed by atoms with Gasteiger partial charge in [-0.25, -0.2) is 14.5 Å². The molecule has 4 aromatic heterocycles. The predicted octanol–water partition coefficient (Wildman–Crippen LogP) is 2.68. The Hall–Kier alpha value is -3.74. The van der Waals surface area contributed by atoms with Gasteiger partial charge in [0.15, 0.2) is 17.2 Å². The third-order valence-corrected chi connectivity index (χ3v) is 6.17. The molecule has 36 heavy (non-hydrogen) atoms. The smallest absolute Gasteiger partial charge is 0.276 e. The molecule has 1 amide bonds. The molecule has 0 aromatic carbocycles. The van der Waals surface area contributed by atoms with Gasteiger partial charge in [-0.1, -0.05) is 11.6 Å². The van der Waals surface area contributed by atoms with Gasteiger partial charge in [0, 0.05) is 36.3 Å². The molecule has 0 saturated heterocycles. The molecule has 0 radical (unpaired) electrons. The number of fused-ring (bicyclic) bond motifs is 1. The molecule has 0 bridgehead atoms. The lowest BCUT2D eigenvalue weighted by atomic mass is 9.93. The largest absolute Gasteiger partial charge is 0.394 e. The molecule has 0 aliphatic heterocycles. The summed E-state index contributed by atoms with van der Waals surface area (Å²) >= 11 is 5.94. The van der Waals surface area contributed by atoms with Crippen LogP contribution in [-0.2, 0) is 6.54 Å². The van der Waals surface area contributed by atoms with Gasteiger partial charge < -0.3 is 26.2 Å². The fraction of sp³-hybridized carbons (Fsp3) is 0.348. The average Bonchev–Trinajstić information content (AvgIpc) is 3.48. The van der Waals surface area contributed by atoms with Crippen molar-refractivity contribution in [3.8, 4) is 0 Å². The number of hydrogen-bond acceptors (Lipinski definition) is 9. The molecule has 5 N–H and O–H groups in total. The highest BCUT2D eigenvalue weighted by Gasteiger charge is 2.22. The second kappa shape index (κ2) is 10.5. The number of rotatable bonds is 8. The van der Waals surface area contributed by atoms with Crippen LogP contribution in [-0.4, -0.2) is 64.2 Å². The fourth-order valence-corrected chi connectivity index (χ4v) is 4.36. The van der Waals surface area contributed by atoms with E-state index in [-0.39, 0.29) is 29.6 Å². The molecule has 188 valence electrons. The van der Waals surface area contributed by atoms with Crippen LogP contribution in [0, 0.1) is 0 Å². The van der Waals surface area contributed by atoms with Gasteiger partial charge in [-0.2, -0.15) is 5.10 Å². The third-order valence-electron chi connectivity index (χ3n) is 5.97. The number of carbonyl (C=O) groups is 1. The van der Waals surface area contributed by atoms with Gasteiger partial charge in [0.05, 0.1) is 31.1 Å². The van der Waals surface area contributed by atoms with Gasteiger partial charge >= 0.3 is 0 Å². The zero-order valence-electron chi connectivity index (χ0n) is 19.3. The van der Waals surface area contributed by atoms with Crippen molar-refractivity contribution in [2.75, 3.05) is 22.6 Å². The molecule has 0 atom stereocenters. The van der Waals surface area contributed by atoms with Gasteiger partial charge in [-0.3, -0.25) is 9.48 Å². The summed E-state index contributed by atoms with van der Waals surface area (Å²) < 4.78 is 3.10. The van der Waals surface area contributed by atoms with E-state index in [9.17, 15) is 9.90 Å². The number of anilines is 4. The van der Waals surface area contributed by atoms with E-state index in [0.29, 0.717) is 35.2 Å². The number of imidazole rings is 1. The quantitative estimate of drug-likeness (QED) is 0.224. The van der Waals surface area contributed by atoms with Crippen LogP contribution in [0.2, 0.25) is 5.15 Å². The second-order valence-electron chi connectivity index (χ2n) is 8.61. The number of aromatic nitrogens is 6. The molecular formula is C23H26ClN9O3. The number of nitrogens with one attached hydrogen (secondary N) is 3. The Kier molecular flexibility index (Phi) is 6.98. The van der Waals surface area contributed by atoms with Crippen molar-refractivity contribution in [3.63, 3.8) is 0 Å². The zero-order valence-corrected chi connectivity index (χ0v) is 20.1. The number of hydrogen-bond donors (Lipinski definition) is 5. The lowest BCUT2D eigenvalue weighted by Crippen LogP contribution is -2.29. The molecule has 0 spiro atoms. The monoisotopic (exact) mass is 511 g/mol. The molecule has 12 nitrogen and oxygen atoms in total. The van der Waals surface area contributed by atoms with Crippen molar-refractivity contribution in [1.82, 2.24) is 29.4 Å². The Bertz CT molecular complexity index is 1360. The van der Waals surface area contributed by atoms with Crippen molar-refractivity contribution in [1.29, 1.82) is 0 Å². The van der Waals surface area contributed by atoms with Gasteiger partial charge in [-0.05, 0) is 37.8 Å². The summed E-state index contributed by atoms with van der Waals surface area (Å²) in [6.07, 6.45) is 7.53. The first kappa shape index (κ1) is 24.0. The number of amides is 1. The first-order chi connectivity index (χ1) is 17.5. The van der Waals surface area contributed by atoms with Crippen molar-refractivity contribution in [3.05, 3.63) is 53.7 Å². The highest BCUT2D eigenvalue weighted by molar-refractivity contribution is 6.29. The van der Waals surface area contributed by atoms with Crippen LogP contribution in [0.1, 0.15) is 36.2 Å². The SMILES string of the molecule is O=C(Nc1ccnc(Cl)c1)c1cnc2c(Nc3ccn(CCO)n3)cc(NC3CCC(O)CC3)nn12. The number of aliphatic hydroxyl groups excluding tert-OH is 2. The second-order valence-corrected chi connectivity index (χ2v) is 8.99. The van der Waals surface area contributed by atoms with E-state index in [4.69, 9.17) is 16.7 Å². The first-order valence-electron chi connectivity index (χ1n) is 11.7. The summed E-state index contributed by atoms with van der Waals surface area (Å²) in [5.74, 6) is 0.706. The number of nitrogens with zero attached hydrogens (tertiary/aromatic N) is 6. The van der Waals surface area contributed by atoms with Crippen LogP contribution in [0.4, 0.5) is 23.0 Å². The van der Waals surface area contributed by atoms with E-state index in [1.807, 2.05) is 6.07 Å². The van der Waals surface area contributed by atoms with E-state index in [1.165, 1.54) is 16.9 Å². The van der Waals surface area contributed by atoms with Crippen molar-refractivity contribution in [2.24, 2.45) is 0 Å². The summed E-state index contributed by atoms with van der Waals surface area (Å²) in [5.41, 5.74) is 1.77. The number of halogens is 1. The summed E-state index contributed by atoms with van der Waals surface area (Å²) in [7, 11) is 0. The Morgan fingerprint density at radius 2 is 1.94 bits per heavy atom. The van der Waals surface area contributed by atoms with Crippen molar-refractivity contribution < 1.29 is 15.0 Å². The molecule has 4 aromatic rings. The number of pyridine rings is 1. The molecule has 1 aliphatic rings. The predicted molar refractivity (Wildman–Crippen MR) is 135 cm³/mol. The molecule has 1 fully saturated rings. The minimum atomic E-state index is -0.409. The summed E-state index contributed by atoms with van der Waals surface area (Å²) in [6, 6.07) is 6.95. The zero-order chi connectivity index (χ0) is 25.1. The highest BCUT2D eigenvalue weighted by atomic mass is 35.5. The molecule has 0 unspecified atom stereocenters. The average molecular weight is 512 g/mol. The summed E-state index contributed by atoms with van der Waals surface area (Å²) in [4.78, 5) is 21.5. The van der Waals surface area contributed by atoms with Crippen molar-refractivity contribution in [2.45, 2.75) is 44.4 Å². The van der Waals surface area contributed by atoms with Crippen molar-refractivity contribution >= 4 is 46.2 Å². The minimum Gasteiger partial charge on any atom is -0.394 e. The maximum absolute atomic E-state index is 13.1. The van der Waals surface area contributed by atoms with Crippen LogP contribution in [0.25, 0.3) is 5.65 Å². The van der Waals surface area contributed by atoms with Crippen LogP contribution >= 0.6 is 11.6 Å². The normalized spacial score (nSPS) is 17.8. The molecule has 4 heterocycles. The van der Waals surface area contributed by atoms with E-state index in [2.05, 4.69) is 36.1 Å². The van der Waals surface area contributed by atoms with Crippen LogP contribution in [0.5, 0.6) is 0 Å².